The van der Waals surface area contributed by atoms with E-state index in [1.165, 1.54) is 0 Å². The van der Waals surface area contributed by atoms with Gasteiger partial charge in [0.15, 0.2) is 0 Å². The van der Waals surface area contributed by atoms with E-state index >= 15 is 0 Å². The van der Waals surface area contributed by atoms with Gasteiger partial charge in [-0.15, -0.1) is 0 Å². The molecule has 0 saturated carbocycles. The van der Waals surface area contributed by atoms with Crippen LogP contribution in [-0.4, -0.2) is 48.5 Å². The highest BCUT2D eigenvalue weighted by Crippen LogP contribution is 2.29. The molecule has 4 aromatic rings. The highest BCUT2D eigenvalue weighted by atomic mass is 16.5. The van der Waals surface area contributed by atoms with E-state index in [0.29, 0.717) is 13.2 Å². The van der Waals surface area contributed by atoms with Crippen molar-refractivity contribution >= 4 is 11.0 Å². The number of hydrogen-bond donors (Lipinski definition) is 1. The first-order valence-corrected chi connectivity index (χ1v) is 11.6. The predicted octanol–water partition coefficient (Wildman–Crippen LogP) is 5.38. The standard InChI is InChI=1S/C28H29NO4/c30-23(20-31-24-7-2-1-3-8-24)19-29-16-14-26(15-17-29)32-25-12-10-21(11-13-25)28-18-22-6-4-5-9-27(22)33-28/h1-13,18,23,26,30H,14-17,19-20H2. The van der Waals surface area contributed by atoms with E-state index < -0.39 is 6.10 Å². The smallest absolute Gasteiger partial charge is 0.135 e. The van der Waals surface area contributed by atoms with Crippen LogP contribution < -0.4 is 9.47 Å². The monoisotopic (exact) mass is 443 g/mol. The number of para-hydroxylation sites is 2. The maximum atomic E-state index is 10.3. The summed E-state index contributed by atoms with van der Waals surface area (Å²) in [4.78, 5) is 2.28. The molecule has 1 aromatic heterocycles. The van der Waals surface area contributed by atoms with Crippen LogP contribution in [0.2, 0.25) is 0 Å². The second kappa shape index (κ2) is 10.1. The molecule has 1 unspecified atom stereocenters. The summed E-state index contributed by atoms with van der Waals surface area (Å²) in [6.45, 7) is 2.73. The Hall–Kier alpha value is -3.28. The molecule has 5 rings (SSSR count). The summed E-state index contributed by atoms with van der Waals surface area (Å²) in [6.07, 6.45) is 1.57. The lowest BCUT2D eigenvalue weighted by Gasteiger charge is -2.33. The predicted molar refractivity (Wildman–Crippen MR) is 130 cm³/mol. The van der Waals surface area contributed by atoms with Gasteiger partial charge in [0.1, 0.15) is 41.7 Å². The van der Waals surface area contributed by atoms with Crippen molar-refractivity contribution in [1.29, 1.82) is 0 Å². The lowest BCUT2D eigenvalue weighted by Crippen LogP contribution is -2.43. The zero-order valence-corrected chi connectivity index (χ0v) is 18.6. The van der Waals surface area contributed by atoms with Crippen molar-refractivity contribution in [1.82, 2.24) is 4.90 Å². The number of β-amino-alcohol motifs (C(OH)–C–C–N with tert-alkyl or cyclic N) is 1. The molecule has 5 heteroatoms. The van der Waals surface area contributed by atoms with Gasteiger partial charge in [0, 0.05) is 30.6 Å². The molecule has 0 amide bonds. The minimum absolute atomic E-state index is 0.191. The van der Waals surface area contributed by atoms with Crippen molar-refractivity contribution in [3.05, 3.63) is 84.9 Å². The quantitative estimate of drug-likeness (QED) is 0.396. The molecular formula is C28H29NO4. The van der Waals surface area contributed by atoms with Crippen LogP contribution in [0.25, 0.3) is 22.3 Å². The molecule has 33 heavy (non-hydrogen) atoms. The molecule has 5 nitrogen and oxygen atoms in total. The second-order valence-electron chi connectivity index (χ2n) is 8.57. The fourth-order valence-corrected chi connectivity index (χ4v) is 4.28. The number of hydrogen-bond acceptors (Lipinski definition) is 5. The third-order valence-corrected chi connectivity index (χ3v) is 6.06. The first kappa shape index (κ1) is 21.6. The van der Waals surface area contributed by atoms with Crippen LogP contribution in [-0.2, 0) is 0 Å². The third-order valence-electron chi connectivity index (χ3n) is 6.06. The number of nitrogens with zero attached hydrogens (tertiary/aromatic N) is 1. The summed E-state index contributed by atoms with van der Waals surface area (Å²) in [5, 5.41) is 11.4. The number of ether oxygens (including phenoxy) is 2. The van der Waals surface area contributed by atoms with Crippen LogP contribution in [0.3, 0.4) is 0 Å². The van der Waals surface area contributed by atoms with Crippen molar-refractivity contribution in [2.24, 2.45) is 0 Å². The van der Waals surface area contributed by atoms with Gasteiger partial charge in [0.05, 0.1) is 0 Å². The molecule has 1 aliphatic rings. The highest BCUT2D eigenvalue weighted by Gasteiger charge is 2.22. The third kappa shape index (κ3) is 5.56. The van der Waals surface area contributed by atoms with Gasteiger partial charge >= 0.3 is 0 Å². The minimum atomic E-state index is -0.506. The second-order valence-corrected chi connectivity index (χ2v) is 8.57. The summed E-state index contributed by atoms with van der Waals surface area (Å²) < 4.78 is 17.8. The van der Waals surface area contributed by atoms with Crippen LogP contribution in [0, 0.1) is 0 Å². The Morgan fingerprint density at radius 3 is 2.36 bits per heavy atom. The number of furan rings is 1. The highest BCUT2D eigenvalue weighted by molar-refractivity contribution is 5.82. The summed E-state index contributed by atoms with van der Waals surface area (Å²) in [5.74, 6) is 2.53. The maximum absolute atomic E-state index is 10.3. The van der Waals surface area contributed by atoms with Gasteiger partial charge in [0.25, 0.3) is 0 Å². The fourth-order valence-electron chi connectivity index (χ4n) is 4.28. The van der Waals surface area contributed by atoms with Gasteiger partial charge in [0.2, 0.25) is 0 Å². The Kier molecular flexibility index (Phi) is 6.61. The largest absolute Gasteiger partial charge is 0.491 e. The van der Waals surface area contributed by atoms with Crippen LogP contribution in [0.4, 0.5) is 0 Å². The molecule has 0 radical (unpaired) electrons. The molecule has 1 atom stereocenters. The molecule has 1 saturated heterocycles. The van der Waals surface area contributed by atoms with Crippen molar-refractivity contribution in [3.8, 4) is 22.8 Å². The molecule has 0 spiro atoms. The topological polar surface area (TPSA) is 55.1 Å². The zero-order chi connectivity index (χ0) is 22.5. The van der Waals surface area contributed by atoms with E-state index in [-0.39, 0.29) is 6.10 Å². The van der Waals surface area contributed by atoms with E-state index in [1.807, 2.05) is 72.8 Å². The minimum Gasteiger partial charge on any atom is -0.491 e. The lowest BCUT2D eigenvalue weighted by molar-refractivity contribution is 0.0401. The first-order chi connectivity index (χ1) is 16.2. The fraction of sp³-hybridized carbons (Fsp3) is 0.286. The van der Waals surface area contributed by atoms with E-state index in [2.05, 4.69) is 17.0 Å². The molecule has 0 aliphatic carbocycles. The van der Waals surface area contributed by atoms with E-state index in [1.54, 1.807) is 0 Å². The number of rotatable bonds is 8. The lowest BCUT2D eigenvalue weighted by atomic mass is 10.1. The summed E-state index contributed by atoms with van der Waals surface area (Å²) in [5.41, 5.74) is 1.94. The number of benzene rings is 3. The van der Waals surface area contributed by atoms with Gasteiger partial charge < -0.3 is 23.9 Å². The van der Waals surface area contributed by atoms with Gasteiger partial charge in [-0.3, -0.25) is 0 Å². The maximum Gasteiger partial charge on any atom is 0.135 e. The molecule has 3 aromatic carbocycles. The average molecular weight is 444 g/mol. The number of aliphatic hydroxyl groups excluding tert-OH is 1. The van der Waals surface area contributed by atoms with Gasteiger partial charge in [-0.1, -0.05) is 36.4 Å². The van der Waals surface area contributed by atoms with Crippen molar-refractivity contribution in [3.63, 3.8) is 0 Å². The van der Waals surface area contributed by atoms with Crippen molar-refractivity contribution in [2.45, 2.75) is 25.0 Å². The average Bonchev–Trinajstić information content (AvgIpc) is 3.29. The number of fused-ring (bicyclic) bond motifs is 1. The summed E-state index contributed by atoms with van der Waals surface area (Å²) in [6, 6.07) is 27.8. The van der Waals surface area contributed by atoms with E-state index in [4.69, 9.17) is 13.9 Å². The van der Waals surface area contributed by atoms with Crippen LogP contribution in [0.1, 0.15) is 12.8 Å². The summed E-state index contributed by atoms with van der Waals surface area (Å²) >= 11 is 0. The Morgan fingerprint density at radius 2 is 1.61 bits per heavy atom. The van der Waals surface area contributed by atoms with Crippen LogP contribution in [0.15, 0.2) is 89.3 Å². The van der Waals surface area contributed by atoms with E-state index in [9.17, 15) is 5.11 Å². The van der Waals surface area contributed by atoms with Crippen LogP contribution in [0.5, 0.6) is 11.5 Å². The van der Waals surface area contributed by atoms with Gasteiger partial charge in [-0.2, -0.15) is 0 Å². The molecule has 170 valence electrons. The van der Waals surface area contributed by atoms with Gasteiger partial charge in [-0.25, -0.2) is 0 Å². The molecule has 1 aliphatic heterocycles. The Bertz CT molecular complexity index is 1110. The zero-order valence-electron chi connectivity index (χ0n) is 18.6. The first-order valence-electron chi connectivity index (χ1n) is 11.6. The van der Waals surface area contributed by atoms with E-state index in [0.717, 1.165) is 59.7 Å². The van der Waals surface area contributed by atoms with Crippen LogP contribution >= 0.6 is 0 Å². The Balaban J connectivity index is 1.08. The molecule has 2 heterocycles. The molecular weight excluding hydrogens is 414 g/mol. The molecule has 1 fully saturated rings. The molecule has 1 N–H and O–H groups in total. The number of piperidine rings is 1. The van der Waals surface area contributed by atoms with Crippen molar-refractivity contribution in [2.75, 3.05) is 26.2 Å². The normalized spacial score (nSPS) is 16.0. The molecule has 0 bridgehead atoms. The summed E-state index contributed by atoms with van der Waals surface area (Å²) in [7, 11) is 0. The Labute approximate surface area is 194 Å². The van der Waals surface area contributed by atoms with Gasteiger partial charge in [-0.05, 0) is 61.4 Å². The Morgan fingerprint density at radius 1 is 0.879 bits per heavy atom. The number of likely N-dealkylation sites (tertiary alicyclic amines) is 1. The number of aliphatic hydroxyl groups is 1. The SMILES string of the molecule is OC(COc1ccccc1)CN1CCC(Oc2ccc(-c3cc4ccccc4o3)cc2)CC1. The van der Waals surface area contributed by atoms with Crippen molar-refractivity contribution < 1.29 is 19.0 Å².